The van der Waals surface area contributed by atoms with Crippen LogP contribution in [0.25, 0.3) is 0 Å². The number of carbonyl (C=O) groups excluding carboxylic acids is 4. The first-order chi connectivity index (χ1) is 13.9. The molecule has 3 atom stereocenters. The predicted molar refractivity (Wildman–Crippen MR) is 106 cm³/mol. The summed E-state index contributed by atoms with van der Waals surface area (Å²) in [6.45, 7) is 0.166. The number of aliphatic carboxylic acids is 1. The number of guanidine groups is 1. The van der Waals surface area contributed by atoms with E-state index < -0.39 is 47.7 Å². The van der Waals surface area contributed by atoms with E-state index in [0.29, 0.717) is 0 Å². The molecule has 0 rings (SSSR count). The van der Waals surface area contributed by atoms with Crippen molar-refractivity contribution < 1.29 is 29.1 Å². The number of amides is 4. The molecule has 0 aliphatic carbocycles. The topological polar surface area (TPSA) is 272 Å². The van der Waals surface area contributed by atoms with Crippen LogP contribution in [0.3, 0.4) is 0 Å². The maximum Gasteiger partial charge on any atom is 0.326 e. The highest BCUT2D eigenvalue weighted by Gasteiger charge is 2.28. The van der Waals surface area contributed by atoms with Crippen molar-refractivity contribution in [2.75, 3.05) is 6.54 Å². The van der Waals surface area contributed by atoms with Crippen molar-refractivity contribution in [3.05, 3.63) is 0 Å². The first-order valence-electron chi connectivity index (χ1n) is 9.15. The van der Waals surface area contributed by atoms with E-state index in [1.807, 2.05) is 0 Å². The Bertz CT molecular complexity index is 664. The van der Waals surface area contributed by atoms with Gasteiger partial charge in [-0.25, -0.2) is 4.79 Å². The maximum absolute atomic E-state index is 12.5. The summed E-state index contributed by atoms with van der Waals surface area (Å²) in [5.41, 5.74) is 26.2. The van der Waals surface area contributed by atoms with Gasteiger partial charge in [-0.1, -0.05) is 0 Å². The number of carboxylic acid groups (broad SMARTS) is 1. The van der Waals surface area contributed by atoms with Crippen LogP contribution in [0.2, 0.25) is 0 Å². The molecule has 0 aromatic carbocycles. The number of primary amides is 2. The molecule has 0 aliphatic rings. The Morgan fingerprint density at radius 1 is 0.800 bits per heavy atom. The normalized spacial score (nSPS) is 13.4. The summed E-state index contributed by atoms with van der Waals surface area (Å²) >= 11 is 0. The SMILES string of the molecule is NC(=O)CCC(N)C(=O)NC(CCCN=C(N)N)C(=O)NC(CCC(N)=O)C(=O)O. The van der Waals surface area contributed by atoms with Gasteiger partial charge >= 0.3 is 5.97 Å². The van der Waals surface area contributed by atoms with E-state index in [4.69, 9.17) is 28.7 Å². The fourth-order valence-electron chi connectivity index (χ4n) is 2.30. The highest BCUT2D eigenvalue weighted by Crippen LogP contribution is 2.04. The Kier molecular flexibility index (Phi) is 12.1. The number of nitrogens with zero attached hydrogens (tertiary/aromatic N) is 1. The quantitative estimate of drug-likeness (QED) is 0.0711. The zero-order chi connectivity index (χ0) is 23.3. The van der Waals surface area contributed by atoms with Gasteiger partial charge in [0.1, 0.15) is 12.1 Å². The lowest BCUT2D eigenvalue weighted by molar-refractivity contribution is -0.142. The number of nitrogens with two attached hydrogens (primary N) is 5. The molecule has 0 radical (unpaired) electrons. The molecule has 3 unspecified atom stereocenters. The Balaban J connectivity index is 5.14. The summed E-state index contributed by atoms with van der Waals surface area (Å²) < 4.78 is 0. The average Bonchev–Trinajstić information content (AvgIpc) is 2.64. The number of hydrogen-bond donors (Lipinski definition) is 8. The molecule has 0 fully saturated rings. The van der Waals surface area contributed by atoms with E-state index in [1.54, 1.807) is 0 Å². The van der Waals surface area contributed by atoms with Crippen LogP contribution in [0.15, 0.2) is 4.99 Å². The third-order valence-corrected chi connectivity index (χ3v) is 3.91. The van der Waals surface area contributed by atoms with Crippen LogP contribution in [0.1, 0.15) is 38.5 Å². The molecule has 13 N–H and O–H groups in total. The molecular formula is C16H30N8O6. The predicted octanol–water partition coefficient (Wildman–Crippen LogP) is -4.05. The molecule has 14 heteroatoms. The summed E-state index contributed by atoms with van der Waals surface area (Å²) in [6.07, 6.45) is -0.269. The third kappa shape index (κ3) is 12.1. The molecule has 0 bridgehead atoms. The fourth-order valence-corrected chi connectivity index (χ4v) is 2.30. The van der Waals surface area contributed by atoms with Crippen LogP contribution in [0, 0.1) is 0 Å². The second kappa shape index (κ2) is 13.7. The van der Waals surface area contributed by atoms with Gasteiger partial charge in [-0.2, -0.15) is 0 Å². The van der Waals surface area contributed by atoms with E-state index in [2.05, 4.69) is 15.6 Å². The Morgan fingerprint density at radius 2 is 1.33 bits per heavy atom. The molecule has 14 nitrogen and oxygen atoms in total. The van der Waals surface area contributed by atoms with Gasteiger partial charge in [0.25, 0.3) is 0 Å². The minimum Gasteiger partial charge on any atom is -0.480 e. The van der Waals surface area contributed by atoms with Crippen LogP contribution in [0.4, 0.5) is 0 Å². The minimum absolute atomic E-state index is 0.0279. The number of rotatable bonds is 15. The van der Waals surface area contributed by atoms with Gasteiger partial charge in [0.15, 0.2) is 5.96 Å². The van der Waals surface area contributed by atoms with Crippen molar-refractivity contribution in [2.24, 2.45) is 33.7 Å². The number of aliphatic imine (C=N–C) groups is 1. The van der Waals surface area contributed by atoms with Crippen LogP contribution in [0.5, 0.6) is 0 Å². The standard InChI is InChI=1S/C16H30N8O6/c17-8(3-5-11(18)25)13(27)23-9(2-1-7-22-16(20)21)14(28)24-10(15(29)30)4-6-12(19)26/h8-10H,1-7,17H2,(H2,18,25)(H2,19,26)(H,23,27)(H,24,28)(H,29,30)(H4,20,21,22). The number of nitrogens with one attached hydrogen (secondary N) is 2. The number of carboxylic acids is 1. The van der Waals surface area contributed by atoms with E-state index >= 15 is 0 Å². The lowest BCUT2D eigenvalue weighted by Gasteiger charge is -2.22. The molecule has 0 aliphatic heterocycles. The Hall–Kier alpha value is -3.42. The highest BCUT2D eigenvalue weighted by molar-refractivity contribution is 5.92. The summed E-state index contributed by atoms with van der Waals surface area (Å²) in [6, 6.07) is -3.64. The van der Waals surface area contributed by atoms with Gasteiger partial charge < -0.3 is 44.4 Å². The average molecular weight is 430 g/mol. The van der Waals surface area contributed by atoms with Gasteiger partial charge in [-0.15, -0.1) is 0 Å². The van der Waals surface area contributed by atoms with E-state index in [1.165, 1.54) is 0 Å². The summed E-state index contributed by atoms with van der Waals surface area (Å²) in [5, 5.41) is 13.9. The van der Waals surface area contributed by atoms with Crippen molar-refractivity contribution in [2.45, 2.75) is 56.7 Å². The second-order valence-corrected chi connectivity index (χ2v) is 6.53. The molecule has 170 valence electrons. The Labute approximate surface area is 173 Å². The first-order valence-corrected chi connectivity index (χ1v) is 9.15. The zero-order valence-corrected chi connectivity index (χ0v) is 16.5. The smallest absolute Gasteiger partial charge is 0.326 e. The molecule has 4 amide bonds. The van der Waals surface area contributed by atoms with E-state index in [-0.39, 0.29) is 51.0 Å². The molecular weight excluding hydrogens is 400 g/mol. The van der Waals surface area contributed by atoms with Crippen LogP contribution in [-0.4, -0.2) is 65.3 Å². The lowest BCUT2D eigenvalue weighted by Crippen LogP contribution is -2.54. The van der Waals surface area contributed by atoms with Gasteiger partial charge in [0, 0.05) is 19.4 Å². The molecule has 0 spiro atoms. The molecule has 0 aromatic heterocycles. The maximum atomic E-state index is 12.5. The van der Waals surface area contributed by atoms with Crippen molar-refractivity contribution in [3.8, 4) is 0 Å². The first kappa shape index (κ1) is 26.6. The molecule has 0 saturated heterocycles. The van der Waals surface area contributed by atoms with Gasteiger partial charge in [0.2, 0.25) is 23.6 Å². The Morgan fingerprint density at radius 3 is 1.83 bits per heavy atom. The molecule has 30 heavy (non-hydrogen) atoms. The van der Waals surface area contributed by atoms with Gasteiger partial charge in [0.05, 0.1) is 6.04 Å². The monoisotopic (exact) mass is 430 g/mol. The second-order valence-electron chi connectivity index (χ2n) is 6.53. The number of hydrogen-bond acceptors (Lipinski definition) is 7. The summed E-state index contributed by atoms with van der Waals surface area (Å²) in [4.78, 5) is 61.6. The summed E-state index contributed by atoms with van der Waals surface area (Å²) in [5.74, 6) is -4.39. The zero-order valence-electron chi connectivity index (χ0n) is 16.5. The van der Waals surface area contributed by atoms with E-state index in [0.717, 1.165) is 0 Å². The third-order valence-electron chi connectivity index (χ3n) is 3.91. The number of carbonyl (C=O) groups is 5. The van der Waals surface area contributed by atoms with Gasteiger partial charge in [-0.05, 0) is 25.7 Å². The lowest BCUT2D eigenvalue weighted by atomic mass is 10.1. The van der Waals surface area contributed by atoms with Crippen LogP contribution >= 0.6 is 0 Å². The fraction of sp³-hybridized carbons (Fsp3) is 0.625. The van der Waals surface area contributed by atoms with E-state index in [9.17, 15) is 29.1 Å². The van der Waals surface area contributed by atoms with Crippen molar-refractivity contribution in [1.29, 1.82) is 0 Å². The molecule has 0 heterocycles. The van der Waals surface area contributed by atoms with Crippen molar-refractivity contribution in [1.82, 2.24) is 10.6 Å². The highest BCUT2D eigenvalue weighted by atomic mass is 16.4. The molecule has 0 saturated carbocycles. The van der Waals surface area contributed by atoms with Crippen LogP contribution < -0.4 is 39.3 Å². The van der Waals surface area contributed by atoms with Crippen molar-refractivity contribution >= 4 is 35.6 Å². The van der Waals surface area contributed by atoms with Crippen molar-refractivity contribution in [3.63, 3.8) is 0 Å². The molecule has 0 aromatic rings. The largest absolute Gasteiger partial charge is 0.480 e. The van der Waals surface area contributed by atoms with Crippen LogP contribution in [-0.2, 0) is 24.0 Å². The minimum atomic E-state index is -1.38. The summed E-state index contributed by atoms with van der Waals surface area (Å²) in [7, 11) is 0. The van der Waals surface area contributed by atoms with Gasteiger partial charge in [-0.3, -0.25) is 24.2 Å².